The number of nitrogens with zero attached hydrogens (tertiary/aromatic N) is 1. The van der Waals surface area contributed by atoms with Crippen molar-refractivity contribution in [3.05, 3.63) is 10.6 Å². The zero-order chi connectivity index (χ0) is 12.3. The zero-order valence-corrected chi connectivity index (χ0v) is 10.5. The van der Waals surface area contributed by atoms with Crippen LogP contribution in [-0.2, 0) is 9.53 Å². The van der Waals surface area contributed by atoms with Gasteiger partial charge < -0.3 is 9.64 Å². The Morgan fingerprint density at radius 1 is 1.50 bits per heavy atom. The molecule has 0 aliphatic carbocycles. The molecule has 0 spiro atoms. The molecule has 1 rings (SSSR count). The van der Waals surface area contributed by atoms with Gasteiger partial charge in [0.25, 0.3) is 0 Å². The molecular weight excluding hydrogens is 230 g/mol. The molecule has 0 bridgehead atoms. The third kappa shape index (κ3) is 3.52. The van der Waals surface area contributed by atoms with Crippen LogP contribution in [0.2, 0.25) is 0 Å². The van der Waals surface area contributed by atoms with Gasteiger partial charge >= 0.3 is 6.09 Å². The van der Waals surface area contributed by atoms with Crippen LogP contribution < -0.4 is 0 Å². The maximum atomic E-state index is 11.7. The van der Waals surface area contributed by atoms with Crippen LogP contribution in [0.25, 0.3) is 0 Å². The Morgan fingerprint density at radius 3 is 2.62 bits per heavy atom. The Kier molecular flexibility index (Phi) is 3.97. The molecule has 4 nitrogen and oxygen atoms in total. The Hall–Kier alpha value is -1.03. The zero-order valence-electron chi connectivity index (χ0n) is 9.75. The predicted molar refractivity (Wildman–Crippen MR) is 61.4 cm³/mol. The predicted octanol–water partition coefficient (Wildman–Crippen LogP) is 2.32. The summed E-state index contributed by atoms with van der Waals surface area (Å²) >= 11 is 5.86. The Bertz CT molecular complexity index is 331. The van der Waals surface area contributed by atoms with Gasteiger partial charge in [0.15, 0.2) is 0 Å². The quantitative estimate of drug-likeness (QED) is 0.666. The number of hydrogen-bond acceptors (Lipinski definition) is 3. The highest BCUT2D eigenvalue weighted by Gasteiger charge is 2.26. The van der Waals surface area contributed by atoms with Crippen LogP contribution in [0, 0.1) is 0 Å². The molecule has 1 heterocycles. The average Bonchev–Trinajstić information content (AvgIpc) is 2.15. The SMILES string of the molecule is CC(C)(C)OC(=O)N1CCC(Cl)=C(C=O)C1. The summed E-state index contributed by atoms with van der Waals surface area (Å²) in [6, 6.07) is 0. The van der Waals surface area contributed by atoms with Crippen molar-refractivity contribution in [2.24, 2.45) is 0 Å². The number of amides is 1. The first-order valence-electron chi connectivity index (χ1n) is 5.14. The molecule has 90 valence electrons. The molecule has 0 N–H and O–H groups in total. The number of carbonyl (C=O) groups is 2. The van der Waals surface area contributed by atoms with Crippen LogP contribution in [0.4, 0.5) is 4.79 Å². The van der Waals surface area contributed by atoms with E-state index < -0.39 is 11.7 Å². The highest BCUT2D eigenvalue weighted by atomic mass is 35.5. The number of rotatable bonds is 1. The van der Waals surface area contributed by atoms with Crippen molar-refractivity contribution in [2.75, 3.05) is 13.1 Å². The van der Waals surface area contributed by atoms with E-state index in [1.165, 1.54) is 4.90 Å². The van der Waals surface area contributed by atoms with Crippen LogP contribution in [-0.4, -0.2) is 36.0 Å². The topological polar surface area (TPSA) is 46.6 Å². The van der Waals surface area contributed by atoms with Gasteiger partial charge in [-0.05, 0) is 20.8 Å². The maximum absolute atomic E-state index is 11.7. The molecule has 0 saturated heterocycles. The van der Waals surface area contributed by atoms with Gasteiger partial charge in [-0.1, -0.05) is 11.6 Å². The molecular formula is C11H16ClNO3. The van der Waals surface area contributed by atoms with Crippen molar-refractivity contribution in [2.45, 2.75) is 32.8 Å². The van der Waals surface area contributed by atoms with Crippen LogP contribution >= 0.6 is 11.6 Å². The second kappa shape index (κ2) is 4.87. The van der Waals surface area contributed by atoms with E-state index in [-0.39, 0.29) is 6.54 Å². The highest BCUT2D eigenvalue weighted by Crippen LogP contribution is 2.21. The summed E-state index contributed by atoms with van der Waals surface area (Å²) in [5.74, 6) is 0. The molecule has 0 fully saturated rings. The summed E-state index contributed by atoms with van der Waals surface area (Å²) in [6.45, 7) is 6.14. The minimum atomic E-state index is -0.524. The first kappa shape index (κ1) is 13.0. The largest absolute Gasteiger partial charge is 0.444 e. The van der Waals surface area contributed by atoms with E-state index in [9.17, 15) is 9.59 Å². The van der Waals surface area contributed by atoms with Crippen molar-refractivity contribution >= 4 is 24.0 Å². The maximum Gasteiger partial charge on any atom is 0.410 e. The third-order valence-electron chi connectivity index (χ3n) is 2.10. The lowest BCUT2D eigenvalue weighted by atomic mass is 10.1. The summed E-state index contributed by atoms with van der Waals surface area (Å²) in [5.41, 5.74) is -0.0672. The van der Waals surface area contributed by atoms with E-state index in [1.807, 2.05) is 0 Å². The van der Waals surface area contributed by atoms with Crippen molar-refractivity contribution < 1.29 is 14.3 Å². The van der Waals surface area contributed by atoms with Gasteiger partial charge in [-0.15, -0.1) is 0 Å². The standard InChI is InChI=1S/C11H16ClNO3/c1-11(2,3)16-10(15)13-5-4-9(12)8(6-13)7-14/h7H,4-6H2,1-3H3. The van der Waals surface area contributed by atoms with Crippen LogP contribution in [0.15, 0.2) is 10.6 Å². The summed E-state index contributed by atoms with van der Waals surface area (Å²) in [5, 5.41) is 0.537. The lowest BCUT2D eigenvalue weighted by Gasteiger charge is -2.30. The van der Waals surface area contributed by atoms with E-state index in [1.54, 1.807) is 20.8 Å². The van der Waals surface area contributed by atoms with E-state index in [0.717, 1.165) is 0 Å². The molecule has 0 saturated carbocycles. The molecule has 0 unspecified atom stereocenters. The van der Waals surface area contributed by atoms with Crippen molar-refractivity contribution in [3.8, 4) is 0 Å². The third-order valence-corrected chi connectivity index (χ3v) is 2.54. The van der Waals surface area contributed by atoms with Crippen LogP contribution in [0.3, 0.4) is 0 Å². The minimum absolute atomic E-state index is 0.233. The molecule has 16 heavy (non-hydrogen) atoms. The molecule has 1 amide bonds. The fourth-order valence-electron chi connectivity index (χ4n) is 1.35. The van der Waals surface area contributed by atoms with Gasteiger partial charge in [-0.3, -0.25) is 4.79 Å². The number of aldehydes is 1. The first-order valence-corrected chi connectivity index (χ1v) is 5.52. The molecule has 0 aromatic carbocycles. The van der Waals surface area contributed by atoms with E-state index in [4.69, 9.17) is 16.3 Å². The summed E-state index contributed by atoms with van der Waals surface area (Å²) in [7, 11) is 0. The number of halogens is 1. The Labute approximate surface area is 100 Å². The second-order valence-corrected chi connectivity index (χ2v) is 5.16. The fourth-order valence-corrected chi connectivity index (χ4v) is 1.54. The molecule has 0 aromatic heterocycles. The normalized spacial score (nSPS) is 17.4. The van der Waals surface area contributed by atoms with Gasteiger partial charge in [-0.25, -0.2) is 4.79 Å². The highest BCUT2D eigenvalue weighted by molar-refractivity contribution is 6.31. The van der Waals surface area contributed by atoms with Gasteiger partial charge in [0.2, 0.25) is 0 Å². The summed E-state index contributed by atoms with van der Waals surface area (Å²) in [4.78, 5) is 23.9. The summed E-state index contributed by atoms with van der Waals surface area (Å²) in [6.07, 6.45) is 0.796. The number of hydrogen-bond donors (Lipinski definition) is 0. The molecule has 5 heteroatoms. The number of ether oxygens (including phenoxy) is 1. The number of carbonyl (C=O) groups excluding carboxylic acids is 2. The van der Waals surface area contributed by atoms with Gasteiger partial charge in [0.05, 0.1) is 6.54 Å². The van der Waals surface area contributed by atoms with Gasteiger partial charge in [0, 0.05) is 23.6 Å². The fraction of sp³-hybridized carbons (Fsp3) is 0.636. The first-order chi connectivity index (χ1) is 7.33. The molecule has 0 radical (unpaired) electrons. The second-order valence-electron chi connectivity index (χ2n) is 4.70. The molecule has 1 aliphatic rings. The Balaban J connectivity index is 2.65. The van der Waals surface area contributed by atoms with Crippen molar-refractivity contribution in [1.29, 1.82) is 0 Å². The van der Waals surface area contributed by atoms with E-state index in [0.29, 0.717) is 29.9 Å². The lowest BCUT2D eigenvalue weighted by Crippen LogP contribution is -2.40. The van der Waals surface area contributed by atoms with Crippen LogP contribution in [0.5, 0.6) is 0 Å². The molecule has 0 atom stereocenters. The van der Waals surface area contributed by atoms with Gasteiger partial charge in [0.1, 0.15) is 11.9 Å². The van der Waals surface area contributed by atoms with E-state index in [2.05, 4.69) is 0 Å². The Morgan fingerprint density at radius 2 is 2.12 bits per heavy atom. The van der Waals surface area contributed by atoms with Crippen molar-refractivity contribution in [3.63, 3.8) is 0 Å². The van der Waals surface area contributed by atoms with Crippen molar-refractivity contribution in [1.82, 2.24) is 4.90 Å². The lowest BCUT2D eigenvalue weighted by molar-refractivity contribution is -0.105. The monoisotopic (exact) mass is 245 g/mol. The van der Waals surface area contributed by atoms with Gasteiger partial charge in [-0.2, -0.15) is 0 Å². The van der Waals surface area contributed by atoms with Crippen LogP contribution in [0.1, 0.15) is 27.2 Å². The summed E-state index contributed by atoms with van der Waals surface area (Å²) < 4.78 is 5.21. The molecule has 0 aromatic rings. The molecule has 1 aliphatic heterocycles. The van der Waals surface area contributed by atoms with E-state index >= 15 is 0 Å². The average molecular weight is 246 g/mol. The smallest absolute Gasteiger partial charge is 0.410 e. The minimum Gasteiger partial charge on any atom is -0.444 e.